The van der Waals surface area contributed by atoms with E-state index < -0.39 is 0 Å². The van der Waals surface area contributed by atoms with E-state index in [9.17, 15) is 4.79 Å². The first-order valence-electron chi connectivity index (χ1n) is 5.93. The van der Waals surface area contributed by atoms with Crippen molar-refractivity contribution < 1.29 is 9.53 Å². The Morgan fingerprint density at radius 3 is 2.94 bits per heavy atom. The van der Waals surface area contributed by atoms with Crippen molar-refractivity contribution in [3.63, 3.8) is 0 Å². The van der Waals surface area contributed by atoms with E-state index in [0.29, 0.717) is 26.2 Å². The molecule has 3 N–H and O–H groups in total. The number of carbonyl (C=O) groups excluding carboxylic acids is 1. The second kappa shape index (κ2) is 7.81. The summed E-state index contributed by atoms with van der Waals surface area (Å²) in [6, 6.07) is 7.54. The van der Waals surface area contributed by atoms with Crippen LogP contribution in [-0.2, 0) is 16.1 Å². The van der Waals surface area contributed by atoms with Gasteiger partial charge >= 0.3 is 0 Å². The number of nitrogens with two attached hydrogens (primary N) is 1. The van der Waals surface area contributed by atoms with Gasteiger partial charge in [-0.3, -0.25) is 4.79 Å². The summed E-state index contributed by atoms with van der Waals surface area (Å²) < 4.78 is 5.26. The van der Waals surface area contributed by atoms with E-state index in [4.69, 9.17) is 10.5 Å². The topological polar surface area (TPSA) is 64.3 Å². The van der Waals surface area contributed by atoms with Gasteiger partial charge in [0.25, 0.3) is 0 Å². The second-order valence-electron chi connectivity index (χ2n) is 3.82. The lowest BCUT2D eigenvalue weighted by molar-refractivity contribution is -0.117. The Balaban J connectivity index is 2.34. The van der Waals surface area contributed by atoms with Gasteiger partial charge in [0.1, 0.15) is 0 Å². The summed E-state index contributed by atoms with van der Waals surface area (Å²) in [4.78, 5) is 11.6. The van der Waals surface area contributed by atoms with Crippen LogP contribution < -0.4 is 11.1 Å². The predicted octanol–water partition coefficient (Wildman–Crippen LogP) is 1.90. The molecule has 0 saturated heterocycles. The van der Waals surface area contributed by atoms with Gasteiger partial charge in [0, 0.05) is 18.8 Å². The molecule has 0 fully saturated rings. The Bertz CT molecular complexity index is 353. The number of nitrogens with one attached hydrogen (secondary N) is 1. The summed E-state index contributed by atoms with van der Waals surface area (Å²) in [7, 11) is 0. The van der Waals surface area contributed by atoms with Crippen LogP contribution in [0.1, 0.15) is 25.3 Å². The lowest BCUT2D eigenvalue weighted by Crippen LogP contribution is -2.14. The summed E-state index contributed by atoms with van der Waals surface area (Å²) >= 11 is 0. The Hall–Kier alpha value is -1.39. The average Bonchev–Trinajstić information content (AvgIpc) is 2.35. The van der Waals surface area contributed by atoms with Crippen LogP contribution in [-0.4, -0.2) is 19.1 Å². The number of benzene rings is 1. The van der Waals surface area contributed by atoms with Gasteiger partial charge < -0.3 is 15.8 Å². The molecule has 0 aromatic heterocycles. The molecule has 0 radical (unpaired) electrons. The molecule has 0 saturated carbocycles. The van der Waals surface area contributed by atoms with Crippen molar-refractivity contribution in [3.05, 3.63) is 29.8 Å². The fourth-order valence-electron chi connectivity index (χ4n) is 1.41. The predicted molar refractivity (Wildman–Crippen MR) is 68.7 cm³/mol. The Morgan fingerprint density at radius 1 is 1.41 bits per heavy atom. The minimum absolute atomic E-state index is 0.0322. The molecular weight excluding hydrogens is 216 g/mol. The van der Waals surface area contributed by atoms with Gasteiger partial charge in [-0.05, 0) is 24.1 Å². The molecule has 17 heavy (non-hydrogen) atoms. The van der Waals surface area contributed by atoms with Crippen LogP contribution in [0.4, 0.5) is 5.69 Å². The molecule has 1 aromatic rings. The quantitative estimate of drug-likeness (QED) is 0.711. The van der Waals surface area contributed by atoms with Gasteiger partial charge in [0.05, 0.1) is 13.0 Å². The number of hydrogen-bond acceptors (Lipinski definition) is 3. The van der Waals surface area contributed by atoms with Gasteiger partial charge in [-0.15, -0.1) is 0 Å². The minimum atomic E-state index is -0.0322. The Morgan fingerprint density at radius 2 is 2.24 bits per heavy atom. The van der Waals surface area contributed by atoms with Gasteiger partial charge in [-0.25, -0.2) is 0 Å². The van der Waals surface area contributed by atoms with E-state index in [1.165, 1.54) is 0 Å². The maximum absolute atomic E-state index is 11.6. The van der Waals surface area contributed by atoms with Gasteiger partial charge in [-0.2, -0.15) is 0 Å². The molecule has 0 bridgehead atoms. The maximum atomic E-state index is 11.6. The molecule has 0 aliphatic heterocycles. The molecule has 0 spiro atoms. The highest BCUT2D eigenvalue weighted by Crippen LogP contribution is 2.10. The van der Waals surface area contributed by atoms with Crippen molar-refractivity contribution in [3.8, 4) is 0 Å². The van der Waals surface area contributed by atoms with Crippen molar-refractivity contribution in [1.29, 1.82) is 0 Å². The summed E-state index contributed by atoms with van der Waals surface area (Å²) in [5.41, 5.74) is 7.32. The monoisotopic (exact) mass is 236 g/mol. The third-order valence-corrected chi connectivity index (χ3v) is 2.27. The normalized spacial score (nSPS) is 10.2. The zero-order valence-electron chi connectivity index (χ0n) is 10.2. The summed E-state index contributed by atoms with van der Waals surface area (Å²) in [6.45, 7) is 3.69. The molecule has 0 atom stereocenters. The van der Waals surface area contributed by atoms with E-state index in [0.717, 1.165) is 17.7 Å². The molecule has 1 aromatic carbocycles. The first-order valence-corrected chi connectivity index (χ1v) is 5.93. The first-order chi connectivity index (χ1) is 8.26. The fraction of sp³-hybridized carbons (Fsp3) is 0.462. The molecule has 4 nitrogen and oxygen atoms in total. The highest BCUT2D eigenvalue weighted by atomic mass is 16.5. The van der Waals surface area contributed by atoms with Gasteiger partial charge in [0.15, 0.2) is 0 Å². The molecule has 0 aliphatic rings. The molecule has 94 valence electrons. The second-order valence-corrected chi connectivity index (χ2v) is 3.82. The smallest absolute Gasteiger partial charge is 0.226 e. The van der Waals surface area contributed by atoms with Crippen molar-refractivity contribution in [2.45, 2.75) is 26.3 Å². The lowest BCUT2D eigenvalue weighted by Gasteiger charge is -2.07. The van der Waals surface area contributed by atoms with E-state index in [1.807, 2.05) is 31.2 Å². The zero-order chi connectivity index (χ0) is 12.5. The van der Waals surface area contributed by atoms with E-state index in [-0.39, 0.29) is 5.91 Å². The van der Waals surface area contributed by atoms with Crippen LogP contribution >= 0.6 is 0 Å². The zero-order valence-corrected chi connectivity index (χ0v) is 10.2. The number of amides is 1. The summed E-state index contributed by atoms with van der Waals surface area (Å²) in [5.74, 6) is -0.0322. The molecule has 0 aliphatic carbocycles. The Labute approximate surface area is 102 Å². The number of carbonyl (C=O) groups is 1. The van der Waals surface area contributed by atoms with Gasteiger partial charge in [-0.1, -0.05) is 19.1 Å². The standard InChI is InChI=1S/C13H20N2O2/c1-2-7-17-8-6-13(16)15-12-5-3-4-11(9-12)10-14/h3-5,9H,2,6-8,10,14H2,1H3,(H,15,16). The van der Waals surface area contributed by atoms with Crippen LogP contribution in [0.5, 0.6) is 0 Å². The molecular formula is C13H20N2O2. The van der Waals surface area contributed by atoms with E-state index in [2.05, 4.69) is 5.32 Å². The molecule has 1 rings (SSSR count). The number of hydrogen-bond donors (Lipinski definition) is 2. The highest BCUT2D eigenvalue weighted by molar-refractivity contribution is 5.90. The minimum Gasteiger partial charge on any atom is -0.381 e. The molecule has 1 amide bonds. The molecule has 0 heterocycles. The van der Waals surface area contributed by atoms with Crippen molar-refractivity contribution in [2.75, 3.05) is 18.5 Å². The number of ether oxygens (including phenoxy) is 1. The largest absolute Gasteiger partial charge is 0.381 e. The van der Waals surface area contributed by atoms with Gasteiger partial charge in [0.2, 0.25) is 5.91 Å². The lowest BCUT2D eigenvalue weighted by atomic mass is 10.2. The van der Waals surface area contributed by atoms with Crippen molar-refractivity contribution in [2.24, 2.45) is 5.73 Å². The SMILES string of the molecule is CCCOCCC(=O)Nc1cccc(CN)c1. The fourth-order valence-corrected chi connectivity index (χ4v) is 1.41. The van der Waals surface area contributed by atoms with Crippen LogP contribution in [0, 0.1) is 0 Å². The molecule has 4 heteroatoms. The van der Waals surface area contributed by atoms with Crippen LogP contribution in [0.2, 0.25) is 0 Å². The highest BCUT2D eigenvalue weighted by Gasteiger charge is 2.02. The van der Waals surface area contributed by atoms with Crippen LogP contribution in [0.25, 0.3) is 0 Å². The maximum Gasteiger partial charge on any atom is 0.226 e. The number of rotatable bonds is 7. The molecule has 0 unspecified atom stereocenters. The summed E-state index contributed by atoms with van der Waals surface area (Å²) in [5, 5.41) is 2.82. The first kappa shape index (κ1) is 13.7. The van der Waals surface area contributed by atoms with E-state index in [1.54, 1.807) is 0 Å². The summed E-state index contributed by atoms with van der Waals surface area (Å²) in [6.07, 6.45) is 1.35. The van der Waals surface area contributed by atoms with E-state index >= 15 is 0 Å². The van der Waals surface area contributed by atoms with Crippen molar-refractivity contribution in [1.82, 2.24) is 0 Å². The third kappa shape index (κ3) is 5.47. The van der Waals surface area contributed by atoms with Crippen LogP contribution in [0.3, 0.4) is 0 Å². The average molecular weight is 236 g/mol. The Kier molecular flexibility index (Phi) is 6.29. The third-order valence-electron chi connectivity index (χ3n) is 2.27. The number of anilines is 1. The van der Waals surface area contributed by atoms with Crippen molar-refractivity contribution >= 4 is 11.6 Å². The van der Waals surface area contributed by atoms with Crippen LogP contribution in [0.15, 0.2) is 24.3 Å².